The number of hydrogen-bond acceptors (Lipinski definition) is 5. The molecular formula is C23H21FN4O2. The zero-order valence-corrected chi connectivity index (χ0v) is 16.6. The van der Waals surface area contributed by atoms with Gasteiger partial charge in [-0.05, 0) is 44.0 Å². The number of aryl methyl sites for hydroxylation is 1. The van der Waals surface area contributed by atoms with E-state index in [-0.39, 0.29) is 24.1 Å². The van der Waals surface area contributed by atoms with E-state index >= 15 is 0 Å². The first-order valence-corrected chi connectivity index (χ1v) is 10.1. The third-order valence-electron chi connectivity index (χ3n) is 6.08. The van der Waals surface area contributed by atoms with Crippen molar-refractivity contribution in [2.45, 2.75) is 45.1 Å². The minimum Gasteiger partial charge on any atom is -0.392 e. The Morgan fingerprint density at radius 3 is 2.77 bits per heavy atom. The number of benzene rings is 1. The van der Waals surface area contributed by atoms with Gasteiger partial charge in [0, 0.05) is 52.7 Å². The van der Waals surface area contributed by atoms with E-state index in [1.807, 2.05) is 13.0 Å². The second-order valence-electron chi connectivity index (χ2n) is 7.89. The van der Waals surface area contributed by atoms with Gasteiger partial charge in [0.2, 0.25) is 0 Å². The second kappa shape index (κ2) is 7.25. The van der Waals surface area contributed by atoms with Gasteiger partial charge in [-0.1, -0.05) is 0 Å². The summed E-state index contributed by atoms with van der Waals surface area (Å²) in [6, 6.07) is 6.40. The quantitative estimate of drug-likeness (QED) is 0.556. The first-order valence-electron chi connectivity index (χ1n) is 10.1. The van der Waals surface area contributed by atoms with E-state index in [0.717, 1.165) is 46.4 Å². The number of carbonyl (C=O) groups excluding carboxylic acids is 1. The maximum Gasteiger partial charge on any atom is 0.163 e. The molecule has 4 aromatic rings. The predicted octanol–water partition coefficient (Wildman–Crippen LogP) is 4.11. The first kappa shape index (κ1) is 18.8. The molecule has 1 aliphatic rings. The molecule has 1 aromatic carbocycles. The number of pyridine rings is 1. The standard InChI is InChI=1S/C23H21FN4O2/c1-13-20(12-29)22(14-2-5-18(30)6-3-14)27-23-19(11-26-28(13)23)16-8-15-9-17(24)4-7-21(15)25-10-16/h4,7-11,14,29H,2-3,5-6,12H2,1H3. The lowest BCUT2D eigenvalue weighted by molar-refractivity contribution is -0.120. The lowest BCUT2D eigenvalue weighted by atomic mass is 9.84. The van der Waals surface area contributed by atoms with Crippen LogP contribution in [-0.2, 0) is 11.4 Å². The minimum atomic E-state index is -0.308. The van der Waals surface area contributed by atoms with Crippen LogP contribution in [0.15, 0.2) is 36.7 Å². The Hall–Kier alpha value is -3.19. The molecule has 0 radical (unpaired) electrons. The normalized spacial score (nSPS) is 15.4. The number of carbonyl (C=O) groups is 1. The summed E-state index contributed by atoms with van der Waals surface area (Å²) in [5.41, 5.74) is 5.45. The van der Waals surface area contributed by atoms with Crippen molar-refractivity contribution in [2.75, 3.05) is 0 Å². The topological polar surface area (TPSA) is 80.4 Å². The molecule has 3 aromatic heterocycles. The van der Waals surface area contributed by atoms with Crippen molar-refractivity contribution < 1.29 is 14.3 Å². The third kappa shape index (κ3) is 3.06. The van der Waals surface area contributed by atoms with Crippen LogP contribution in [0.25, 0.3) is 27.7 Å². The van der Waals surface area contributed by atoms with Gasteiger partial charge in [-0.2, -0.15) is 5.10 Å². The average molecular weight is 404 g/mol. The highest BCUT2D eigenvalue weighted by Gasteiger charge is 2.26. The van der Waals surface area contributed by atoms with E-state index < -0.39 is 0 Å². The van der Waals surface area contributed by atoms with Crippen molar-refractivity contribution in [3.63, 3.8) is 0 Å². The second-order valence-corrected chi connectivity index (χ2v) is 7.89. The zero-order valence-electron chi connectivity index (χ0n) is 16.6. The minimum absolute atomic E-state index is 0.124. The third-order valence-corrected chi connectivity index (χ3v) is 6.08. The van der Waals surface area contributed by atoms with Crippen LogP contribution >= 0.6 is 0 Å². The summed E-state index contributed by atoms with van der Waals surface area (Å²) in [6.45, 7) is 1.79. The van der Waals surface area contributed by atoms with E-state index in [0.29, 0.717) is 23.9 Å². The van der Waals surface area contributed by atoms with Gasteiger partial charge in [0.15, 0.2) is 5.65 Å². The van der Waals surface area contributed by atoms with Crippen molar-refractivity contribution in [1.29, 1.82) is 0 Å². The molecule has 0 atom stereocenters. The summed E-state index contributed by atoms with van der Waals surface area (Å²) in [5.74, 6) is 0.117. The largest absolute Gasteiger partial charge is 0.392 e. The SMILES string of the molecule is Cc1c(CO)c(C2CCC(=O)CC2)nc2c(-c3cnc4ccc(F)cc4c3)cnn12. The van der Waals surface area contributed by atoms with E-state index in [1.54, 1.807) is 23.0 Å². The molecule has 1 saturated carbocycles. The Bertz CT molecular complexity index is 1290. The van der Waals surface area contributed by atoms with Crippen LogP contribution in [0.1, 0.15) is 48.6 Å². The molecule has 30 heavy (non-hydrogen) atoms. The van der Waals surface area contributed by atoms with E-state index in [1.165, 1.54) is 12.1 Å². The molecule has 0 amide bonds. The smallest absolute Gasteiger partial charge is 0.163 e. The summed E-state index contributed by atoms with van der Waals surface area (Å²) < 4.78 is 15.4. The summed E-state index contributed by atoms with van der Waals surface area (Å²) in [6.07, 6.45) is 6.06. The summed E-state index contributed by atoms with van der Waals surface area (Å²) >= 11 is 0. The van der Waals surface area contributed by atoms with Crippen LogP contribution in [0.2, 0.25) is 0 Å². The molecule has 0 unspecified atom stereocenters. The number of aliphatic hydroxyl groups excluding tert-OH is 1. The molecule has 7 heteroatoms. The van der Waals surface area contributed by atoms with Crippen LogP contribution in [0.4, 0.5) is 4.39 Å². The molecule has 1 fully saturated rings. The number of aliphatic hydroxyl groups is 1. The van der Waals surface area contributed by atoms with Gasteiger partial charge < -0.3 is 5.11 Å². The van der Waals surface area contributed by atoms with Gasteiger partial charge in [0.25, 0.3) is 0 Å². The van der Waals surface area contributed by atoms with E-state index in [4.69, 9.17) is 4.98 Å². The highest BCUT2D eigenvalue weighted by atomic mass is 19.1. The lowest BCUT2D eigenvalue weighted by Gasteiger charge is -2.23. The Morgan fingerprint density at radius 2 is 2.00 bits per heavy atom. The Balaban J connectivity index is 1.68. The van der Waals surface area contributed by atoms with Crippen LogP contribution < -0.4 is 0 Å². The van der Waals surface area contributed by atoms with Gasteiger partial charge in [-0.15, -0.1) is 0 Å². The number of hydrogen-bond donors (Lipinski definition) is 1. The molecule has 0 spiro atoms. The number of rotatable bonds is 3. The molecule has 0 aliphatic heterocycles. The summed E-state index contributed by atoms with van der Waals surface area (Å²) in [5, 5.41) is 15.2. The van der Waals surface area contributed by atoms with Crippen molar-refractivity contribution in [1.82, 2.24) is 19.6 Å². The molecule has 1 aliphatic carbocycles. The van der Waals surface area contributed by atoms with E-state index in [2.05, 4.69) is 10.1 Å². The lowest BCUT2D eigenvalue weighted by Crippen LogP contribution is -2.17. The number of halogens is 1. The summed E-state index contributed by atoms with van der Waals surface area (Å²) in [4.78, 5) is 21.1. The van der Waals surface area contributed by atoms with Crippen molar-refractivity contribution in [2.24, 2.45) is 0 Å². The van der Waals surface area contributed by atoms with Crippen LogP contribution in [0.5, 0.6) is 0 Å². The number of aromatic nitrogens is 4. The van der Waals surface area contributed by atoms with Crippen molar-refractivity contribution >= 4 is 22.3 Å². The van der Waals surface area contributed by atoms with Gasteiger partial charge >= 0.3 is 0 Å². The van der Waals surface area contributed by atoms with Crippen LogP contribution in [0.3, 0.4) is 0 Å². The maximum atomic E-state index is 13.7. The molecule has 152 valence electrons. The average Bonchev–Trinajstić information content (AvgIpc) is 3.18. The van der Waals surface area contributed by atoms with Crippen molar-refractivity contribution in [3.05, 3.63) is 59.4 Å². The molecule has 1 N–H and O–H groups in total. The Kier molecular flexibility index (Phi) is 4.55. The molecular weight excluding hydrogens is 383 g/mol. The number of fused-ring (bicyclic) bond motifs is 2. The monoisotopic (exact) mass is 404 g/mol. The Labute approximate surface area is 172 Å². The molecule has 0 saturated heterocycles. The molecule has 3 heterocycles. The van der Waals surface area contributed by atoms with Gasteiger partial charge in [-0.25, -0.2) is 13.9 Å². The van der Waals surface area contributed by atoms with Gasteiger partial charge in [-0.3, -0.25) is 9.78 Å². The fraction of sp³-hybridized carbons (Fsp3) is 0.304. The number of Topliss-reactive ketones (excluding diaryl/α,β-unsaturated/α-hetero) is 1. The predicted molar refractivity (Wildman–Crippen MR) is 111 cm³/mol. The number of nitrogens with zero attached hydrogens (tertiary/aromatic N) is 4. The van der Waals surface area contributed by atoms with Gasteiger partial charge in [0.1, 0.15) is 11.6 Å². The van der Waals surface area contributed by atoms with E-state index in [9.17, 15) is 14.3 Å². The number of ketones is 1. The highest BCUT2D eigenvalue weighted by Crippen LogP contribution is 2.35. The van der Waals surface area contributed by atoms with Gasteiger partial charge in [0.05, 0.1) is 24.0 Å². The van der Waals surface area contributed by atoms with Crippen LogP contribution in [0, 0.1) is 12.7 Å². The summed E-state index contributed by atoms with van der Waals surface area (Å²) in [7, 11) is 0. The highest BCUT2D eigenvalue weighted by molar-refractivity contribution is 5.87. The van der Waals surface area contributed by atoms with Crippen LogP contribution in [-0.4, -0.2) is 30.5 Å². The fourth-order valence-corrected chi connectivity index (χ4v) is 4.39. The van der Waals surface area contributed by atoms with Crippen molar-refractivity contribution in [3.8, 4) is 11.1 Å². The molecule has 0 bridgehead atoms. The maximum absolute atomic E-state index is 13.7. The molecule has 6 nitrogen and oxygen atoms in total. The first-order chi connectivity index (χ1) is 14.5. The molecule has 5 rings (SSSR count). The Morgan fingerprint density at radius 1 is 1.20 bits per heavy atom. The fourth-order valence-electron chi connectivity index (χ4n) is 4.39. The zero-order chi connectivity index (χ0) is 20.8.